The van der Waals surface area contributed by atoms with E-state index in [0.717, 1.165) is 30.8 Å². The van der Waals surface area contributed by atoms with E-state index in [4.69, 9.17) is 0 Å². The number of amides is 2. The third-order valence-corrected chi connectivity index (χ3v) is 5.21. The Balaban J connectivity index is 1.43. The van der Waals surface area contributed by atoms with Gasteiger partial charge in [0.2, 0.25) is 5.91 Å². The van der Waals surface area contributed by atoms with E-state index >= 15 is 0 Å². The van der Waals surface area contributed by atoms with Crippen molar-refractivity contribution in [2.75, 3.05) is 19.6 Å². The van der Waals surface area contributed by atoms with Crippen LogP contribution < -0.4 is 10.6 Å². The van der Waals surface area contributed by atoms with E-state index in [9.17, 15) is 9.59 Å². The van der Waals surface area contributed by atoms with E-state index in [2.05, 4.69) is 33.7 Å². The van der Waals surface area contributed by atoms with Gasteiger partial charge in [-0.05, 0) is 55.6 Å². The number of nitrogens with one attached hydrogen (secondary N) is 2. The van der Waals surface area contributed by atoms with Gasteiger partial charge in [-0.15, -0.1) is 0 Å². The second-order valence-corrected chi connectivity index (χ2v) is 7.35. The predicted octanol–water partition coefficient (Wildman–Crippen LogP) is 3.03. The summed E-state index contributed by atoms with van der Waals surface area (Å²) < 4.78 is 0. The van der Waals surface area contributed by atoms with Gasteiger partial charge in [0.15, 0.2) is 0 Å². The van der Waals surface area contributed by atoms with Gasteiger partial charge >= 0.3 is 0 Å². The average molecular weight is 380 g/mol. The van der Waals surface area contributed by atoms with Gasteiger partial charge < -0.3 is 10.6 Å². The Morgan fingerprint density at radius 2 is 1.61 bits per heavy atom. The summed E-state index contributed by atoms with van der Waals surface area (Å²) in [7, 11) is 0. The minimum Gasteiger partial charge on any atom is -0.352 e. The van der Waals surface area contributed by atoms with Crippen LogP contribution in [0.5, 0.6) is 0 Å². The summed E-state index contributed by atoms with van der Waals surface area (Å²) in [6.07, 6.45) is 2.81. The fraction of sp³-hybridized carbons (Fsp3) is 0.391. The Hall–Kier alpha value is -2.66. The molecule has 28 heavy (non-hydrogen) atoms. The zero-order valence-corrected chi connectivity index (χ0v) is 16.5. The molecule has 5 nitrogen and oxygen atoms in total. The van der Waals surface area contributed by atoms with Crippen LogP contribution in [-0.2, 0) is 17.9 Å². The maximum absolute atomic E-state index is 12.2. The molecule has 5 heteroatoms. The lowest BCUT2D eigenvalue weighted by Gasteiger charge is -2.17. The topological polar surface area (TPSA) is 61.4 Å². The van der Waals surface area contributed by atoms with Crippen molar-refractivity contribution in [3.05, 3.63) is 70.8 Å². The van der Waals surface area contributed by atoms with Gasteiger partial charge in [0.25, 0.3) is 5.91 Å². The molecule has 0 bridgehead atoms. The maximum atomic E-state index is 12.2. The van der Waals surface area contributed by atoms with Crippen LogP contribution in [0.1, 0.15) is 46.3 Å². The van der Waals surface area contributed by atoms with Gasteiger partial charge in [-0.1, -0.05) is 42.5 Å². The third kappa shape index (κ3) is 5.67. The highest BCUT2D eigenvalue weighted by molar-refractivity contribution is 5.95. The molecule has 0 aromatic heterocycles. The van der Waals surface area contributed by atoms with Gasteiger partial charge in [-0.2, -0.15) is 0 Å². The number of hydrogen-bond acceptors (Lipinski definition) is 3. The van der Waals surface area contributed by atoms with Crippen LogP contribution in [0.2, 0.25) is 0 Å². The smallest absolute Gasteiger partial charge is 0.251 e. The number of benzene rings is 2. The fourth-order valence-corrected chi connectivity index (χ4v) is 3.56. The van der Waals surface area contributed by atoms with Crippen LogP contribution in [0, 0.1) is 6.92 Å². The molecule has 3 rings (SSSR count). The summed E-state index contributed by atoms with van der Waals surface area (Å²) >= 11 is 0. The first-order valence-electron chi connectivity index (χ1n) is 10.0. The van der Waals surface area contributed by atoms with Crippen LogP contribution >= 0.6 is 0 Å². The molecule has 0 unspecified atom stereocenters. The summed E-state index contributed by atoms with van der Waals surface area (Å²) in [5.74, 6) is -0.192. The molecule has 2 amide bonds. The van der Waals surface area contributed by atoms with Crippen molar-refractivity contribution in [3.8, 4) is 0 Å². The Morgan fingerprint density at radius 1 is 0.929 bits per heavy atom. The van der Waals surface area contributed by atoms with Crippen molar-refractivity contribution in [3.63, 3.8) is 0 Å². The van der Waals surface area contributed by atoms with Gasteiger partial charge in [0.05, 0.1) is 0 Å². The van der Waals surface area contributed by atoms with Gasteiger partial charge in [-0.25, -0.2) is 0 Å². The summed E-state index contributed by atoms with van der Waals surface area (Å²) in [4.78, 5) is 26.8. The second-order valence-electron chi connectivity index (χ2n) is 7.35. The number of carbonyl (C=O) groups is 2. The van der Waals surface area contributed by atoms with E-state index < -0.39 is 0 Å². The summed E-state index contributed by atoms with van der Waals surface area (Å²) in [6, 6.07) is 15.7. The molecular weight excluding hydrogens is 350 g/mol. The minimum absolute atomic E-state index is 0.0546. The number of nitrogens with zero attached hydrogens (tertiary/aromatic N) is 1. The molecule has 1 fully saturated rings. The molecule has 1 saturated heterocycles. The Labute approximate surface area is 167 Å². The van der Waals surface area contributed by atoms with E-state index in [1.165, 1.54) is 18.4 Å². The normalized spacial score (nSPS) is 14.0. The van der Waals surface area contributed by atoms with Crippen LogP contribution in [0.4, 0.5) is 0 Å². The quantitative estimate of drug-likeness (QED) is 0.741. The standard InChI is InChI=1S/C23H29N3O2/c1-18-8-2-5-11-21(18)23(28)24-13-12-22(27)25-16-19-9-3-4-10-20(19)17-26-14-6-7-15-26/h2-5,8-11H,6-7,12-17H2,1H3,(H,24,28)(H,25,27). The molecule has 0 aliphatic carbocycles. The van der Waals surface area contributed by atoms with Crippen molar-refractivity contribution in [1.29, 1.82) is 0 Å². The zero-order chi connectivity index (χ0) is 19.8. The Bertz CT molecular complexity index is 813. The SMILES string of the molecule is Cc1ccccc1C(=O)NCCC(=O)NCc1ccccc1CN1CCCC1. The number of hydrogen-bond donors (Lipinski definition) is 2. The summed E-state index contributed by atoms with van der Waals surface area (Å²) in [6.45, 7) is 6.01. The molecule has 0 spiro atoms. The highest BCUT2D eigenvalue weighted by atomic mass is 16.2. The van der Waals surface area contributed by atoms with Crippen molar-refractivity contribution >= 4 is 11.8 Å². The second kappa shape index (κ2) is 10.0. The number of likely N-dealkylation sites (tertiary alicyclic amines) is 1. The van der Waals surface area contributed by atoms with E-state index in [1.807, 2.05) is 31.2 Å². The average Bonchev–Trinajstić information content (AvgIpc) is 3.20. The van der Waals surface area contributed by atoms with Crippen molar-refractivity contribution in [1.82, 2.24) is 15.5 Å². The molecule has 0 atom stereocenters. The lowest BCUT2D eigenvalue weighted by Crippen LogP contribution is -2.31. The zero-order valence-electron chi connectivity index (χ0n) is 16.5. The Kier molecular flexibility index (Phi) is 7.20. The van der Waals surface area contributed by atoms with Crippen molar-refractivity contribution in [2.24, 2.45) is 0 Å². The van der Waals surface area contributed by atoms with Crippen LogP contribution in [0.15, 0.2) is 48.5 Å². The first-order chi connectivity index (χ1) is 13.6. The molecule has 2 N–H and O–H groups in total. The van der Waals surface area contributed by atoms with E-state index in [-0.39, 0.29) is 18.2 Å². The first kappa shape index (κ1) is 20.1. The third-order valence-electron chi connectivity index (χ3n) is 5.21. The van der Waals surface area contributed by atoms with Crippen molar-refractivity contribution < 1.29 is 9.59 Å². The van der Waals surface area contributed by atoms with E-state index in [1.54, 1.807) is 6.07 Å². The number of aryl methyl sites for hydroxylation is 1. The van der Waals surface area contributed by atoms with E-state index in [0.29, 0.717) is 18.7 Å². The molecule has 1 aliphatic heterocycles. The van der Waals surface area contributed by atoms with Gasteiger partial charge in [-0.3, -0.25) is 14.5 Å². The molecule has 2 aromatic rings. The lowest BCUT2D eigenvalue weighted by molar-refractivity contribution is -0.121. The Morgan fingerprint density at radius 3 is 2.36 bits per heavy atom. The highest BCUT2D eigenvalue weighted by Crippen LogP contribution is 2.16. The van der Waals surface area contributed by atoms with Crippen LogP contribution in [-0.4, -0.2) is 36.3 Å². The van der Waals surface area contributed by atoms with Gasteiger partial charge in [0.1, 0.15) is 0 Å². The lowest BCUT2D eigenvalue weighted by atomic mass is 10.1. The van der Waals surface area contributed by atoms with Crippen molar-refractivity contribution in [2.45, 2.75) is 39.3 Å². The molecule has 0 saturated carbocycles. The predicted molar refractivity (Wildman–Crippen MR) is 111 cm³/mol. The molecule has 1 heterocycles. The number of carbonyl (C=O) groups excluding carboxylic acids is 2. The molecular formula is C23H29N3O2. The molecule has 2 aromatic carbocycles. The summed E-state index contributed by atoms with van der Waals surface area (Å²) in [5.41, 5.74) is 4.02. The van der Waals surface area contributed by atoms with Crippen LogP contribution in [0.3, 0.4) is 0 Å². The number of rotatable bonds is 8. The molecule has 1 aliphatic rings. The minimum atomic E-state index is -0.137. The summed E-state index contributed by atoms with van der Waals surface area (Å²) in [5, 5.41) is 5.80. The first-order valence-corrected chi connectivity index (χ1v) is 10.0. The largest absolute Gasteiger partial charge is 0.352 e. The molecule has 0 radical (unpaired) electrons. The monoisotopic (exact) mass is 379 g/mol. The fourth-order valence-electron chi connectivity index (χ4n) is 3.56. The van der Waals surface area contributed by atoms with Crippen LogP contribution in [0.25, 0.3) is 0 Å². The highest BCUT2D eigenvalue weighted by Gasteiger charge is 2.14. The maximum Gasteiger partial charge on any atom is 0.251 e. The van der Waals surface area contributed by atoms with Gasteiger partial charge in [0, 0.05) is 31.6 Å². The molecule has 148 valence electrons.